The summed E-state index contributed by atoms with van der Waals surface area (Å²) in [6.45, 7) is 4.84. The van der Waals surface area contributed by atoms with Crippen LogP contribution in [0.1, 0.15) is 6.42 Å². The highest BCUT2D eigenvalue weighted by Crippen LogP contribution is 2.18. The summed E-state index contributed by atoms with van der Waals surface area (Å²) in [4.78, 5) is 15.9. The van der Waals surface area contributed by atoms with Gasteiger partial charge in [-0.15, -0.1) is 0 Å². The third-order valence-electron chi connectivity index (χ3n) is 3.56. The lowest BCUT2D eigenvalue weighted by Gasteiger charge is -2.36. The van der Waals surface area contributed by atoms with Crippen molar-refractivity contribution in [2.75, 3.05) is 50.4 Å². The molecule has 1 heterocycles. The Kier molecular flexibility index (Phi) is 4.63. The van der Waals surface area contributed by atoms with Gasteiger partial charge < -0.3 is 16.0 Å². The quantitative estimate of drug-likeness (QED) is 0.777. The predicted octanol–water partition coefficient (Wildman–Crippen LogP) is 0.527. The van der Waals surface area contributed by atoms with Crippen LogP contribution >= 0.6 is 0 Å². The molecule has 1 fully saturated rings. The third kappa shape index (κ3) is 3.86. The summed E-state index contributed by atoms with van der Waals surface area (Å²) < 4.78 is 0. The first-order valence-electron chi connectivity index (χ1n) is 6.72. The molecule has 0 aliphatic carbocycles. The second kappa shape index (κ2) is 6.43. The maximum Gasteiger partial charge on any atom is 0.221 e. The molecule has 0 aromatic heterocycles. The fourth-order valence-corrected chi connectivity index (χ4v) is 2.30. The minimum atomic E-state index is 0.112. The van der Waals surface area contributed by atoms with Gasteiger partial charge in [-0.2, -0.15) is 0 Å². The van der Waals surface area contributed by atoms with Crippen LogP contribution in [0.3, 0.4) is 0 Å². The van der Waals surface area contributed by atoms with Crippen LogP contribution in [0.2, 0.25) is 0 Å². The summed E-state index contributed by atoms with van der Waals surface area (Å²) in [5.41, 5.74) is 7.72. The Morgan fingerprint density at radius 2 is 1.84 bits per heavy atom. The maximum atomic E-state index is 11.2. The van der Waals surface area contributed by atoms with Gasteiger partial charge in [0.1, 0.15) is 0 Å². The van der Waals surface area contributed by atoms with Crippen LogP contribution in [-0.4, -0.2) is 50.6 Å². The highest BCUT2D eigenvalue weighted by Gasteiger charge is 2.17. The van der Waals surface area contributed by atoms with Gasteiger partial charge in [-0.25, -0.2) is 0 Å². The second-order valence-corrected chi connectivity index (χ2v) is 4.84. The lowest BCUT2D eigenvalue weighted by Crippen LogP contribution is -2.47. The van der Waals surface area contributed by atoms with Crippen molar-refractivity contribution in [3.8, 4) is 0 Å². The molecule has 0 spiro atoms. The molecule has 1 saturated heterocycles. The fraction of sp³-hybridized carbons (Fsp3) is 0.500. The molecule has 1 aromatic rings. The second-order valence-electron chi connectivity index (χ2n) is 4.84. The third-order valence-corrected chi connectivity index (χ3v) is 3.56. The number of benzene rings is 1. The number of nitrogen functional groups attached to an aromatic ring is 1. The molecule has 1 amide bonds. The van der Waals surface area contributed by atoms with E-state index in [1.54, 1.807) is 7.05 Å². The normalized spacial score (nSPS) is 16.4. The lowest BCUT2D eigenvalue weighted by molar-refractivity contribution is -0.120. The minimum Gasteiger partial charge on any atom is -0.399 e. The SMILES string of the molecule is CNC(=O)CCN1CCN(c2ccc(N)cc2)CC1. The number of hydrogen-bond acceptors (Lipinski definition) is 4. The molecule has 0 saturated carbocycles. The topological polar surface area (TPSA) is 61.6 Å². The molecular weight excluding hydrogens is 240 g/mol. The van der Waals surface area contributed by atoms with Gasteiger partial charge in [0.2, 0.25) is 5.91 Å². The van der Waals surface area contributed by atoms with E-state index in [9.17, 15) is 4.79 Å². The first kappa shape index (κ1) is 13.7. The van der Waals surface area contributed by atoms with Crippen molar-refractivity contribution in [1.82, 2.24) is 10.2 Å². The van der Waals surface area contributed by atoms with Crippen LogP contribution in [0.4, 0.5) is 11.4 Å². The number of nitrogens with zero attached hydrogens (tertiary/aromatic N) is 2. The van der Waals surface area contributed by atoms with E-state index in [1.165, 1.54) is 5.69 Å². The van der Waals surface area contributed by atoms with E-state index < -0.39 is 0 Å². The van der Waals surface area contributed by atoms with E-state index in [1.807, 2.05) is 12.1 Å². The minimum absolute atomic E-state index is 0.112. The smallest absolute Gasteiger partial charge is 0.221 e. The Hall–Kier alpha value is -1.75. The average Bonchev–Trinajstić information content (AvgIpc) is 2.46. The number of amides is 1. The Labute approximate surface area is 114 Å². The van der Waals surface area contributed by atoms with Crippen LogP contribution in [0.25, 0.3) is 0 Å². The Bertz CT molecular complexity index is 410. The zero-order valence-electron chi connectivity index (χ0n) is 11.4. The van der Waals surface area contributed by atoms with E-state index in [4.69, 9.17) is 5.73 Å². The molecule has 104 valence electrons. The summed E-state index contributed by atoms with van der Waals surface area (Å²) in [5, 5.41) is 2.66. The molecule has 0 atom stereocenters. The molecule has 0 radical (unpaired) electrons. The molecular formula is C14H22N4O. The molecule has 1 aromatic carbocycles. The number of anilines is 2. The van der Waals surface area contributed by atoms with Crippen molar-refractivity contribution in [1.29, 1.82) is 0 Å². The number of nitrogens with one attached hydrogen (secondary N) is 1. The van der Waals surface area contributed by atoms with Crippen LogP contribution in [-0.2, 0) is 4.79 Å². The monoisotopic (exact) mass is 262 g/mol. The lowest BCUT2D eigenvalue weighted by atomic mass is 10.2. The first-order valence-corrected chi connectivity index (χ1v) is 6.72. The van der Waals surface area contributed by atoms with Gasteiger partial charge in [0.25, 0.3) is 0 Å². The van der Waals surface area contributed by atoms with E-state index in [0.717, 1.165) is 38.4 Å². The molecule has 5 nitrogen and oxygen atoms in total. The van der Waals surface area contributed by atoms with Crippen LogP contribution in [0.15, 0.2) is 24.3 Å². The van der Waals surface area contributed by atoms with Gasteiger partial charge in [0, 0.05) is 57.6 Å². The van der Waals surface area contributed by atoms with Gasteiger partial charge >= 0.3 is 0 Å². The standard InChI is InChI=1S/C14H22N4O/c1-16-14(19)6-7-17-8-10-18(11-9-17)13-4-2-12(15)3-5-13/h2-5H,6-11,15H2,1H3,(H,16,19). The van der Waals surface area contributed by atoms with Crippen LogP contribution < -0.4 is 16.0 Å². The molecule has 0 bridgehead atoms. The van der Waals surface area contributed by atoms with Gasteiger partial charge in [0.15, 0.2) is 0 Å². The Balaban J connectivity index is 1.79. The van der Waals surface area contributed by atoms with Gasteiger partial charge in [0.05, 0.1) is 0 Å². The number of piperazine rings is 1. The number of rotatable bonds is 4. The molecule has 5 heteroatoms. The summed E-state index contributed by atoms with van der Waals surface area (Å²) >= 11 is 0. The highest BCUT2D eigenvalue weighted by molar-refractivity contribution is 5.75. The summed E-state index contributed by atoms with van der Waals surface area (Å²) in [6.07, 6.45) is 0.582. The van der Waals surface area contributed by atoms with Crippen molar-refractivity contribution in [3.63, 3.8) is 0 Å². The Morgan fingerprint density at radius 1 is 1.21 bits per heavy atom. The van der Waals surface area contributed by atoms with Crippen LogP contribution in [0, 0.1) is 0 Å². The van der Waals surface area contributed by atoms with Crippen molar-refractivity contribution in [2.45, 2.75) is 6.42 Å². The first-order chi connectivity index (χ1) is 9.19. The molecule has 2 rings (SSSR count). The summed E-state index contributed by atoms with van der Waals surface area (Å²) in [7, 11) is 1.68. The number of carbonyl (C=O) groups is 1. The largest absolute Gasteiger partial charge is 0.399 e. The molecule has 19 heavy (non-hydrogen) atoms. The van der Waals surface area contributed by atoms with E-state index >= 15 is 0 Å². The zero-order valence-corrected chi connectivity index (χ0v) is 11.4. The summed E-state index contributed by atoms with van der Waals surface area (Å²) in [5.74, 6) is 0.112. The van der Waals surface area contributed by atoms with E-state index in [0.29, 0.717) is 6.42 Å². The predicted molar refractivity (Wildman–Crippen MR) is 78.2 cm³/mol. The Morgan fingerprint density at radius 3 is 2.42 bits per heavy atom. The highest BCUT2D eigenvalue weighted by atomic mass is 16.1. The van der Waals surface area contributed by atoms with Crippen molar-refractivity contribution in [2.24, 2.45) is 0 Å². The number of nitrogens with two attached hydrogens (primary N) is 1. The van der Waals surface area contributed by atoms with Gasteiger partial charge in [-0.3, -0.25) is 9.69 Å². The summed E-state index contributed by atoms with van der Waals surface area (Å²) in [6, 6.07) is 8.01. The van der Waals surface area contributed by atoms with Gasteiger partial charge in [-0.1, -0.05) is 0 Å². The molecule has 3 N–H and O–H groups in total. The van der Waals surface area contributed by atoms with Crippen molar-refractivity contribution < 1.29 is 4.79 Å². The molecule has 0 unspecified atom stereocenters. The number of hydrogen-bond donors (Lipinski definition) is 2. The maximum absolute atomic E-state index is 11.2. The van der Waals surface area contributed by atoms with E-state index in [-0.39, 0.29) is 5.91 Å². The van der Waals surface area contributed by atoms with E-state index in [2.05, 4.69) is 27.2 Å². The van der Waals surface area contributed by atoms with Gasteiger partial charge in [-0.05, 0) is 24.3 Å². The molecule has 1 aliphatic heterocycles. The van der Waals surface area contributed by atoms with Crippen molar-refractivity contribution in [3.05, 3.63) is 24.3 Å². The van der Waals surface area contributed by atoms with Crippen LogP contribution in [0.5, 0.6) is 0 Å². The fourth-order valence-electron chi connectivity index (χ4n) is 2.30. The number of carbonyl (C=O) groups excluding carboxylic acids is 1. The average molecular weight is 262 g/mol. The molecule has 1 aliphatic rings. The van der Waals surface area contributed by atoms with Crippen molar-refractivity contribution >= 4 is 17.3 Å². The zero-order chi connectivity index (χ0) is 13.7.